The number of hydrogen-bond donors (Lipinski definition) is 2. The molecule has 0 saturated carbocycles. The van der Waals surface area contributed by atoms with Gasteiger partial charge in [0, 0.05) is 11.9 Å². The molecule has 132 valence electrons. The monoisotopic (exact) mass is 344 g/mol. The lowest BCUT2D eigenvalue weighted by atomic mass is 10.1. The van der Waals surface area contributed by atoms with Crippen molar-refractivity contribution >= 4 is 17.9 Å². The first-order valence-electron chi connectivity index (χ1n) is 7.72. The Hall–Kier alpha value is -3.16. The topological polar surface area (TPSA) is 116 Å². The van der Waals surface area contributed by atoms with E-state index in [1.54, 1.807) is 49.0 Å². The van der Waals surface area contributed by atoms with Gasteiger partial charge >= 0.3 is 12.0 Å². The third-order valence-electron chi connectivity index (χ3n) is 3.52. The zero-order valence-corrected chi connectivity index (χ0v) is 14.2. The van der Waals surface area contributed by atoms with Crippen molar-refractivity contribution in [3.05, 3.63) is 47.8 Å². The summed E-state index contributed by atoms with van der Waals surface area (Å²) in [5.74, 6) is -1.74. The fourth-order valence-electron chi connectivity index (χ4n) is 2.25. The van der Waals surface area contributed by atoms with Gasteiger partial charge in [-0.25, -0.2) is 14.3 Å². The molecule has 8 nitrogen and oxygen atoms in total. The van der Waals surface area contributed by atoms with E-state index in [0.717, 1.165) is 11.4 Å². The van der Waals surface area contributed by atoms with Gasteiger partial charge in [-0.1, -0.05) is 13.8 Å². The van der Waals surface area contributed by atoms with Crippen molar-refractivity contribution in [2.24, 2.45) is 11.7 Å². The number of carbonyl (C=O) groups excluding carboxylic acids is 3. The van der Waals surface area contributed by atoms with Crippen molar-refractivity contribution in [2.45, 2.75) is 26.9 Å². The fraction of sp³-hybridized carbons (Fsp3) is 0.294. The Kier molecular flexibility index (Phi) is 5.53. The molecule has 0 aliphatic heterocycles. The van der Waals surface area contributed by atoms with Gasteiger partial charge in [-0.3, -0.25) is 10.1 Å². The summed E-state index contributed by atoms with van der Waals surface area (Å²) in [6.07, 6.45) is 0.565. The molecule has 0 spiro atoms. The molecule has 2 aromatic rings. The first-order valence-corrected chi connectivity index (χ1v) is 7.72. The standard InChI is InChI=1S/C17H20N4O4/c1-10(2)14(15(22)20-17(18)24)25-16(23)12-4-6-13(7-5-12)21-11(3)8-9-19-21/h4-10,14H,1-3H3,(H3,18,20,22,24)/t14-/m1/s1. The molecular weight excluding hydrogens is 324 g/mol. The number of nitrogens with zero attached hydrogens (tertiary/aromatic N) is 2. The molecule has 8 heteroatoms. The largest absolute Gasteiger partial charge is 0.448 e. The van der Waals surface area contributed by atoms with Gasteiger partial charge in [-0.05, 0) is 43.2 Å². The molecule has 1 atom stereocenters. The lowest BCUT2D eigenvalue weighted by Gasteiger charge is -2.19. The smallest absolute Gasteiger partial charge is 0.338 e. The predicted octanol–water partition coefficient (Wildman–Crippen LogP) is 1.56. The SMILES string of the molecule is Cc1ccnn1-c1ccc(C(=O)O[C@@H](C(=O)NC(N)=O)C(C)C)cc1. The van der Waals surface area contributed by atoms with Gasteiger partial charge < -0.3 is 10.5 Å². The molecule has 2 rings (SSSR count). The normalized spacial score (nSPS) is 11.8. The molecule has 0 radical (unpaired) electrons. The number of benzene rings is 1. The molecular formula is C17H20N4O4. The Labute approximate surface area is 145 Å². The highest BCUT2D eigenvalue weighted by Gasteiger charge is 2.27. The molecule has 0 fully saturated rings. The Morgan fingerprint density at radius 2 is 1.80 bits per heavy atom. The minimum Gasteiger partial charge on any atom is -0.448 e. The van der Waals surface area contributed by atoms with Crippen LogP contribution in [-0.4, -0.2) is 33.8 Å². The summed E-state index contributed by atoms with van der Waals surface area (Å²) in [5, 5.41) is 6.11. The van der Waals surface area contributed by atoms with Gasteiger partial charge in [0.1, 0.15) is 0 Å². The molecule has 0 bridgehead atoms. The van der Waals surface area contributed by atoms with Crippen LogP contribution in [0.4, 0.5) is 4.79 Å². The number of aromatic nitrogens is 2. The highest BCUT2D eigenvalue weighted by Crippen LogP contribution is 2.14. The third-order valence-corrected chi connectivity index (χ3v) is 3.52. The number of hydrogen-bond acceptors (Lipinski definition) is 5. The molecule has 0 unspecified atom stereocenters. The van der Waals surface area contributed by atoms with Crippen molar-refractivity contribution in [2.75, 3.05) is 0 Å². The molecule has 0 saturated heterocycles. The Morgan fingerprint density at radius 3 is 2.28 bits per heavy atom. The highest BCUT2D eigenvalue weighted by atomic mass is 16.5. The molecule has 3 N–H and O–H groups in total. The molecule has 1 aromatic carbocycles. The van der Waals surface area contributed by atoms with Gasteiger partial charge in [-0.2, -0.15) is 5.10 Å². The van der Waals surface area contributed by atoms with E-state index in [1.807, 2.05) is 18.3 Å². The second-order valence-electron chi connectivity index (χ2n) is 5.85. The number of primary amides is 1. The van der Waals surface area contributed by atoms with Crippen LogP contribution in [0.3, 0.4) is 0 Å². The minimum atomic E-state index is -1.12. The first-order chi connectivity index (χ1) is 11.8. The second-order valence-corrected chi connectivity index (χ2v) is 5.85. The van der Waals surface area contributed by atoms with E-state index in [-0.39, 0.29) is 11.5 Å². The van der Waals surface area contributed by atoms with Crippen LogP contribution in [0.25, 0.3) is 5.69 Å². The van der Waals surface area contributed by atoms with Gasteiger partial charge in [0.05, 0.1) is 11.3 Å². The van der Waals surface area contributed by atoms with Crippen LogP contribution in [-0.2, 0) is 9.53 Å². The Morgan fingerprint density at radius 1 is 1.16 bits per heavy atom. The number of carbonyl (C=O) groups is 3. The van der Waals surface area contributed by atoms with Gasteiger partial charge in [-0.15, -0.1) is 0 Å². The van der Waals surface area contributed by atoms with Crippen LogP contribution in [0.1, 0.15) is 29.9 Å². The maximum absolute atomic E-state index is 12.3. The van der Waals surface area contributed by atoms with Crippen LogP contribution in [0.5, 0.6) is 0 Å². The maximum atomic E-state index is 12.3. The summed E-state index contributed by atoms with van der Waals surface area (Å²) in [7, 11) is 0. The van der Waals surface area contributed by atoms with Crippen LogP contribution in [0.2, 0.25) is 0 Å². The third kappa shape index (κ3) is 4.43. The summed E-state index contributed by atoms with van der Waals surface area (Å²) >= 11 is 0. The van der Waals surface area contributed by atoms with Gasteiger partial charge in [0.15, 0.2) is 6.10 Å². The lowest BCUT2D eigenvalue weighted by molar-refractivity contribution is -0.130. The highest BCUT2D eigenvalue weighted by molar-refractivity contribution is 5.98. The van der Waals surface area contributed by atoms with Gasteiger partial charge in [0.25, 0.3) is 5.91 Å². The molecule has 0 aliphatic carbocycles. The molecule has 0 aliphatic rings. The van der Waals surface area contributed by atoms with E-state index < -0.39 is 24.0 Å². The number of imide groups is 1. The minimum absolute atomic E-state index is 0.283. The van der Waals surface area contributed by atoms with Crippen LogP contribution >= 0.6 is 0 Å². The quantitative estimate of drug-likeness (QED) is 0.798. The van der Waals surface area contributed by atoms with E-state index >= 15 is 0 Å². The van der Waals surface area contributed by atoms with Crippen molar-refractivity contribution in [1.82, 2.24) is 15.1 Å². The van der Waals surface area contributed by atoms with E-state index in [1.165, 1.54) is 0 Å². The summed E-state index contributed by atoms with van der Waals surface area (Å²) in [6.45, 7) is 5.31. The summed E-state index contributed by atoms with van der Waals surface area (Å²) in [5.41, 5.74) is 6.97. The predicted molar refractivity (Wildman–Crippen MR) is 90.1 cm³/mol. The fourth-order valence-corrected chi connectivity index (χ4v) is 2.25. The zero-order valence-electron chi connectivity index (χ0n) is 14.2. The number of nitrogens with two attached hydrogens (primary N) is 1. The van der Waals surface area contributed by atoms with Crippen molar-refractivity contribution < 1.29 is 19.1 Å². The Balaban J connectivity index is 2.12. The molecule has 25 heavy (non-hydrogen) atoms. The number of aryl methyl sites for hydroxylation is 1. The van der Waals surface area contributed by atoms with Gasteiger partial charge in [0.2, 0.25) is 0 Å². The van der Waals surface area contributed by atoms with E-state index in [9.17, 15) is 14.4 Å². The molecule has 1 aromatic heterocycles. The number of ether oxygens (including phenoxy) is 1. The number of esters is 1. The summed E-state index contributed by atoms with van der Waals surface area (Å²) < 4.78 is 6.96. The van der Waals surface area contributed by atoms with E-state index in [2.05, 4.69) is 5.10 Å². The zero-order chi connectivity index (χ0) is 18.6. The Bertz CT molecular complexity index is 780. The summed E-state index contributed by atoms with van der Waals surface area (Å²) in [6, 6.07) is 7.50. The van der Waals surface area contributed by atoms with Crippen LogP contribution in [0.15, 0.2) is 36.5 Å². The van der Waals surface area contributed by atoms with Crippen LogP contribution < -0.4 is 11.1 Å². The van der Waals surface area contributed by atoms with E-state index in [0.29, 0.717) is 0 Å². The number of urea groups is 1. The first kappa shape index (κ1) is 18.2. The molecule has 3 amide bonds. The van der Waals surface area contributed by atoms with Crippen LogP contribution in [0, 0.1) is 12.8 Å². The van der Waals surface area contributed by atoms with E-state index in [4.69, 9.17) is 10.5 Å². The average molecular weight is 344 g/mol. The lowest BCUT2D eigenvalue weighted by Crippen LogP contribution is -2.45. The van der Waals surface area contributed by atoms with Crippen molar-refractivity contribution in [3.63, 3.8) is 0 Å². The summed E-state index contributed by atoms with van der Waals surface area (Å²) in [4.78, 5) is 35.0. The number of rotatable bonds is 5. The van der Waals surface area contributed by atoms with Crippen molar-refractivity contribution in [3.8, 4) is 5.69 Å². The average Bonchev–Trinajstić information content (AvgIpc) is 2.97. The number of amides is 3. The van der Waals surface area contributed by atoms with Crippen molar-refractivity contribution in [1.29, 1.82) is 0 Å². The molecule has 1 heterocycles. The second kappa shape index (κ2) is 7.61. The maximum Gasteiger partial charge on any atom is 0.338 e. The number of nitrogens with one attached hydrogen (secondary N) is 1.